The van der Waals surface area contributed by atoms with Gasteiger partial charge in [0.2, 0.25) is 11.0 Å². The SMILES string of the molecule is Cn1c(SCC(=O)Nc2nncs2)nnc1-c1ccc(Cl)cc1. The molecule has 7 nitrogen and oxygen atoms in total. The van der Waals surface area contributed by atoms with Crippen molar-refractivity contribution in [2.24, 2.45) is 7.05 Å². The maximum atomic E-state index is 11.8. The summed E-state index contributed by atoms with van der Waals surface area (Å²) in [5.74, 6) is 0.767. The Morgan fingerprint density at radius 2 is 2.09 bits per heavy atom. The van der Waals surface area contributed by atoms with Gasteiger partial charge in [0, 0.05) is 17.6 Å². The summed E-state index contributed by atoms with van der Waals surface area (Å²) in [6.45, 7) is 0. The minimum absolute atomic E-state index is 0.164. The lowest BCUT2D eigenvalue weighted by Gasteiger charge is -2.04. The molecule has 0 aliphatic rings. The van der Waals surface area contributed by atoms with Gasteiger partial charge in [-0.05, 0) is 24.3 Å². The van der Waals surface area contributed by atoms with E-state index in [-0.39, 0.29) is 11.7 Å². The van der Waals surface area contributed by atoms with Crippen LogP contribution in [0.3, 0.4) is 0 Å². The molecule has 1 amide bonds. The Hall–Kier alpha value is -1.97. The van der Waals surface area contributed by atoms with E-state index >= 15 is 0 Å². The van der Waals surface area contributed by atoms with E-state index in [1.807, 2.05) is 23.7 Å². The van der Waals surface area contributed by atoms with Crippen molar-refractivity contribution in [2.75, 3.05) is 11.1 Å². The molecule has 0 spiro atoms. The second-order valence-corrected chi connectivity index (χ2v) is 6.66. The van der Waals surface area contributed by atoms with Gasteiger partial charge in [0.25, 0.3) is 0 Å². The van der Waals surface area contributed by atoms with Crippen molar-refractivity contribution in [1.82, 2.24) is 25.0 Å². The molecule has 2 aromatic heterocycles. The van der Waals surface area contributed by atoms with Crippen LogP contribution in [0.25, 0.3) is 11.4 Å². The van der Waals surface area contributed by atoms with Crippen LogP contribution in [0.4, 0.5) is 5.13 Å². The predicted molar refractivity (Wildman–Crippen MR) is 90.7 cm³/mol. The Morgan fingerprint density at radius 3 is 2.78 bits per heavy atom. The maximum Gasteiger partial charge on any atom is 0.236 e. The first-order valence-corrected chi connectivity index (χ1v) is 8.72. The maximum absolute atomic E-state index is 11.8. The van der Waals surface area contributed by atoms with E-state index in [0.717, 1.165) is 5.56 Å². The number of nitrogens with zero attached hydrogens (tertiary/aromatic N) is 5. The minimum atomic E-state index is -0.164. The molecule has 3 aromatic rings. The minimum Gasteiger partial charge on any atom is -0.305 e. The van der Waals surface area contributed by atoms with Crippen molar-refractivity contribution in [2.45, 2.75) is 5.16 Å². The van der Waals surface area contributed by atoms with Gasteiger partial charge in [-0.2, -0.15) is 0 Å². The van der Waals surface area contributed by atoms with Gasteiger partial charge in [-0.1, -0.05) is 34.7 Å². The number of carbonyl (C=O) groups excluding carboxylic acids is 1. The third kappa shape index (κ3) is 3.87. The van der Waals surface area contributed by atoms with E-state index in [2.05, 4.69) is 25.7 Å². The van der Waals surface area contributed by atoms with Gasteiger partial charge in [0.1, 0.15) is 5.51 Å². The van der Waals surface area contributed by atoms with E-state index in [1.165, 1.54) is 23.1 Å². The number of aromatic nitrogens is 5. The zero-order chi connectivity index (χ0) is 16.2. The number of halogens is 1. The summed E-state index contributed by atoms with van der Waals surface area (Å²) in [6, 6.07) is 7.35. The topological polar surface area (TPSA) is 85.6 Å². The Balaban J connectivity index is 1.65. The number of benzene rings is 1. The molecule has 0 aliphatic carbocycles. The summed E-state index contributed by atoms with van der Waals surface area (Å²) < 4.78 is 1.84. The van der Waals surface area contributed by atoms with Crippen LogP contribution in [-0.2, 0) is 11.8 Å². The molecule has 118 valence electrons. The van der Waals surface area contributed by atoms with Crippen LogP contribution in [0, 0.1) is 0 Å². The molecule has 0 saturated heterocycles. The normalized spacial score (nSPS) is 10.7. The molecule has 1 N–H and O–H groups in total. The lowest BCUT2D eigenvalue weighted by Crippen LogP contribution is -2.14. The molecular formula is C13H11ClN6OS2. The molecule has 2 heterocycles. The van der Waals surface area contributed by atoms with Crippen molar-refractivity contribution in [3.8, 4) is 11.4 Å². The van der Waals surface area contributed by atoms with Gasteiger partial charge in [-0.25, -0.2) is 0 Å². The van der Waals surface area contributed by atoms with Crippen LogP contribution in [0.15, 0.2) is 34.9 Å². The van der Waals surface area contributed by atoms with Crippen molar-refractivity contribution in [1.29, 1.82) is 0 Å². The molecule has 23 heavy (non-hydrogen) atoms. The average Bonchev–Trinajstić information content (AvgIpc) is 3.16. The molecule has 1 aromatic carbocycles. The van der Waals surface area contributed by atoms with E-state index in [4.69, 9.17) is 11.6 Å². The first-order chi connectivity index (χ1) is 11.1. The highest BCUT2D eigenvalue weighted by Gasteiger charge is 2.13. The van der Waals surface area contributed by atoms with Gasteiger partial charge in [0.05, 0.1) is 5.75 Å². The Labute approximate surface area is 145 Å². The number of nitrogens with one attached hydrogen (secondary N) is 1. The van der Waals surface area contributed by atoms with Crippen LogP contribution in [0.2, 0.25) is 5.02 Å². The summed E-state index contributed by atoms with van der Waals surface area (Å²) >= 11 is 8.46. The Kier molecular flexibility index (Phi) is 4.89. The highest BCUT2D eigenvalue weighted by Crippen LogP contribution is 2.24. The van der Waals surface area contributed by atoms with Crippen LogP contribution < -0.4 is 5.32 Å². The van der Waals surface area contributed by atoms with Crippen molar-refractivity contribution in [3.05, 3.63) is 34.8 Å². The lowest BCUT2D eigenvalue weighted by molar-refractivity contribution is -0.113. The fourth-order valence-corrected chi connectivity index (χ4v) is 3.10. The number of anilines is 1. The molecule has 0 atom stereocenters. The first-order valence-electron chi connectivity index (χ1n) is 6.47. The zero-order valence-electron chi connectivity index (χ0n) is 11.9. The molecule has 0 radical (unpaired) electrons. The monoisotopic (exact) mass is 366 g/mol. The molecule has 3 rings (SSSR count). The Morgan fingerprint density at radius 1 is 1.30 bits per heavy atom. The summed E-state index contributed by atoms with van der Waals surface area (Å²) in [5.41, 5.74) is 2.47. The summed E-state index contributed by atoms with van der Waals surface area (Å²) in [6.07, 6.45) is 0. The molecule has 0 aliphatic heterocycles. The van der Waals surface area contributed by atoms with Crippen LogP contribution in [0.5, 0.6) is 0 Å². The second-order valence-electron chi connectivity index (χ2n) is 4.45. The van der Waals surface area contributed by atoms with Crippen LogP contribution >= 0.6 is 34.7 Å². The number of hydrogen-bond acceptors (Lipinski definition) is 7. The molecule has 0 saturated carbocycles. The van der Waals surface area contributed by atoms with E-state index in [1.54, 1.807) is 17.6 Å². The van der Waals surface area contributed by atoms with Crippen molar-refractivity contribution in [3.63, 3.8) is 0 Å². The van der Waals surface area contributed by atoms with Crippen LogP contribution in [-0.4, -0.2) is 36.6 Å². The largest absolute Gasteiger partial charge is 0.305 e. The van der Waals surface area contributed by atoms with Crippen LogP contribution in [0.1, 0.15) is 0 Å². The lowest BCUT2D eigenvalue weighted by atomic mass is 10.2. The number of hydrogen-bond donors (Lipinski definition) is 1. The molecule has 10 heteroatoms. The standard InChI is InChI=1S/C13H11ClN6OS2/c1-20-11(8-2-4-9(14)5-3-8)17-19-13(20)22-6-10(21)16-12-18-15-7-23-12/h2-5,7H,6H2,1H3,(H,16,18,21). The van der Waals surface area contributed by atoms with E-state index in [0.29, 0.717) is 21.1 Å². The fourth-order valence-electron chi connectivity index (χ4n) is 1.80. The molecule has 0 unspecified atom stereocenters. The smallest absolute Gasteiger partial charge is 0.236 e. The predicted octanol–water partition coefficient (Wildman–Crippen LogP) is 2.72. The average molecular weight is 367 g/mol. The second kappa shape index (κ2) is 7.07. The third-order valence-electron chi connectivity index (χ3n) is 2.88. The highest BCUT2D eigenvalue weighted by molar-refractivity contribution is 7.99. The molecular weight excluding hydrogens is 356 g/mol. The van der Waals surface area contributed by atoms with E-state index < -0.39 is 0 Å². The van der Waals surface area contributed by atoms with Crippen molar-refractivity contribution >= 4 is 45.7 Å². The molecule has 0 bridgehead atoms. The third-order valence-corrected chi connectivity index (χ3v) is 4.75. The van der Waals surface area contributed by atoms with Gasteiger partial charge >= 0.3 is 0 Å². The fraction of sp³-hybridized carbons (Fsp3) is 0.154. The highest BCUT2D eigenvalue weighted by atomic mass is 35.5. The number of rotatable bonds is 5. The first kappa shape index (κ1) is 15.9. The van der Waals surface area contributed by atoms with Gasteiger partial charge in [-0.3, -0.25) is 10.1 Å². The number of amides is 1. The zero-order valence-corrected chi connectivity index (χ0v) is 14.3. The number of thioether (sulfide) groups is 1. The van der Waals surface area contributed by atoms with Gasteiger partial charge < -0.3 is 4.57 Å². The molecule has 0 fully saturated rings. The van der Waals surface area contributed by atoms with Gasteiger partial charge in [-0.15, -0.1) is 20.4 Å². The van der Waals surface area contributed by atoms with Crippen molar-refractivity contribution < 1.29 is 4.79 Å². The summed E-state index contributed by atoms with van der Waals surface area (Å²) in [4.78, 5) is 11.8. The number of carbonyl (C=O) groups is 1. The summed E-state index contributed by atoms with van der Waals surface area (Å²) in [5, 5.41) is 20.2. The quantitative estimate of drug-likeness (QED) is 0.699. The Bertz CT molecular complexity index is 802. The summed E-state index contributed by atoms with van der Waals surface area (Å²) in [7, 11) is 1.86. The van der Waals surface area contributed by atoms with Gasteiger partial charge in [0.15, 0.2) is 11.0 Å². The van der Waals surface area contributed by atoms with E-state index in [9.17, 15) is 4.79 Å².